The third-order valence-electron chi connectivity index (χ3n) is 6.48. The highest BCUT2D eigenvalue weighted by atomic mass is 16.5. The van der Waals surface area contributed by atoms with Gasteiger partial charge in [-0.25, -0.2) is 0 Å². The predicted molar refractivity (Wildman–Crippen MR) is 103 cm³/mol. The monoisotopic (exact) mass is 382 g/mol. The highest BCUT2D eigenvalue weighted by Gasteiger charge is 2.45. The van der Waals surface area contributed by atoms with E-state index in [1.54, 1.807) is 0 Å². The van der Waals surface area contributed by atoms with Crippen LogP contribution in [0.25, 0.3) is 0 Å². The number of piperidine rings is 1. The third-order valence-corrected chi connectivity index (χ3v) is 6.48. The fraction of sp³-hybridized carbons (Fsp3) is 0.571. The Labute approximate surface area is 164 Å². The molecule has 1 amide bonds. The maximum atomic E-state index is 12.7. The number of carbonyl (C=O) groups is 1. The quantitative estimate of drug-likeness (QED) is 0.875. The minimum atomic E-state index is -0.394. The van der Waals surface area contributed by atoms with Crippen LogP contribution in [0.2, 0.25) is 0 Å². The summed E-state index contributed by atoms with van der Waals surface area (Å²) in [6.45, 7) is 4.10. The molecule has 2 fully saturated rings. The molecule has 1 saturated carbocycles. The number of hydrogen-bond acceptors (Lipinski definition) is 6. The molecule has 3 heterocycles. The summed E-state index contributed by atoms with van der Waals surface area (Å²) in [5.41, 5.74) is 3.01. The maximum absolute atomic E-state index is 12.7. The van der Waals surface area contributed by atoms with Crippen LogP contribution in [0, 0.1) is 5.41 Å². The van der Waals surface area contributed by atoms with Crippen molar-refractivity contribution in [3.05, 3.63) is 41.3 Å². The molecule has 7 heteroatoms. The van der Waals surface area contributed by atoms with E-state index in [-0.39, 0.29) is 18.0 Å². The van der Waals surface area contributed by atoms with Crippen molar-refractivity contribution in [2.45, 2.75) is 57.8 Å². The summed E-state index contributed by atoms with van der Waals surface area (Å²) in [6.07, 6.45) is 5.40. The minimum Gasteiger partial charge on any atom is -0.405 e. The zero-order valence-electron chi connectivity index (χ0n) is 16.2. The Balaban J connectivity index is 1.19. The van der Waals surface area contributed by atoms with E-state index in [1.807, 2.05) is 24.0 Å². The van der Waals surface area contributed by atoms with Gasteiger partial charge < -0.3 is 19.4 Å². The van der Waals surface area contributed by atoms with Gasteiger partial charge in [0.15, 0.2) is 0 Å². The van der Waals surface area contributed by atoms with Crippen molar-refractivity contribution < 1.29 is 13.9 Å². The van der Waals surface area contributed by atoms with Gasteiger partial charge in [0.05, 0.1) is 6.61 Å². The number of hydrogen-bond donors (Lipinski definition) is 1. The van der Waals surface area contributed by atoms with Crippen LogP contribution < -0.4 is 5.32 Å². The Morgan fingerprint density at radius 3 is 2.68 bits per heavy atom. The summed E-state index contributed by atoms with van der Waals surface area (Å²) in [6, 6.07) is 8.10. The number of carbonyl (C=O) groups excluding carboxylic acids is 1. The highest BCUT2D eigenvalue weighted by Crippen LogP contribution is 2.53. The molecule has 2 aromatic rings. The average Bonchev–Trinajstić information content (AvgIpc) is 3.31. The lowest BCUT2D eigenvalue weighted by Crippen LogP contribution is -2.45. The van der Waals surface area contributed by atoms with Crippen LogP contribution in [0.3, 0.4) is 0 Å². The number of anilines is 1. The van der Waals surface area contributed by atoms with Crippen molar-refractivity contribution in [2.75, 3.05) is 18.4 Å². The standard InChI is InChI=1S/C21H26N4O3/c1-14(19(26)25-10-8-21(6-7-21)9-11-25)22-20-24-23-18(28-20)17-12-15-4-2-3-5-16(15)13-27-17/h2-5,14,17H,6-13H2,1H3,(H,22,24)/t14-,17-/m1/s1. The van der Waals surface area contributed by atoms with Gasteiger partial charge in [-0.2, -0.15) is 0 Å². The highest BCUT2D eigenvalue weighted by molar-refractivity contribution is 5.83. The average molecular weight is 382 g/mol. The number of aromatic nitrogens is 2. The van der Waals surface area contributed by atoms with Crippen LogP contribution in [0.1, 0.15) is 55.7 Å². The molecule has 1 aromatic carbocycles. The van der Waals surface area contributed by atoms with E-state index in [2.05, 4.69) is 27.6 Å². The molecule has 0 bridgehead atoms. The molecule has 28 heavy (non-hydrogen) atoms. The first-order chi connectivity index (χ1) is 13.6. The Bertz CT molecular complexity index is 866. The van der Waals surface area contributed by atoms with Crippen molar-refractivity contribution in [1.29, 1.82) is 0 Å². The molecule has 148 valence electrons. The normalized spacial score (nSPS) is 23.9. The summed E-state index contributed by atoms with van der Waals surface area (Å²) in [5, 5.41) is 11.3. The Hall–Kier alpha value is -2.41. The summed E-state index contributed by atoms with van der Waals surface area (Å²) in [4.78, 5) is 14.7. The molecule has 5 rings (SSSR count). The van der Waals surface area contributed by atoms with Gasteiger partial charge in [-0.05, 0) is 49.1 Å². The molecule has 1 aliphatic carbocycles. The fourth-order valence-electron chi connectivity index (χ4n) is 4.33. The number of fused-ring (bicyclic) bond motifs is 1. The molecule has 1 aromatic heterocycles. The summed E-state index contributed by atoms with van der Waals surface area (Å²) < 4.78 is 11.6. The molecule has 2 aliphatic heterocycles. The first-order valence-corrected chi connectivity index (χ1v) is 10.2. The smallest absolute Gasteiger partial charge is 0.316 e. The fourth-order valence-corrected chi connectivity index (χ4v) is 4.33. The number of benzene rings is 1. The molecule has 0 unspecified atom stereocenters. The molecule has 2 atom stereocenters. The molecule has 7 nitrogen and oxygen atoms in total. The Kier molecular flexibility index (Phi) is 4.34. The maximum Gasteiger partial charge on any atom is 0.316 e. The van der Waals surface area contributed by atoms with Crippen molar-refractivity contribution in [1.82, 2.24) is 15.1 Å². The topological polar surface area (TPSA) is 80.5 Å². The van der Waals surface area contributed by atoms with Gasteiger partial charge in [-0.1, -0.05) is 29.4 Å². The molecule has 1 saturated heterocycles. The van der Waals surface area contributed by atoms with Crippen molar-refractivity contribution in [3.8, 4) is 0 Å². The molecule has 3 aliphatic rings. The number of nitrogens with one attached hydrogen (secondary N) is 1. The summed E-state index contributed by atoms with van der Waals surface area (Å²) in [7, 11) is 0. The number of likely N-dealkylation sites (tertiary alicyclic amines) is 1. The minimum absolute atomic E-state index is 0.0955. The number of ether oxygens (including phenoxy) is 1. The van der Waals surface area contributed by atoms with Gasteiger partial charge in [0, 0.05) is 19.5 Å². The lowest BCUT2D eigenvalue weighted by atomic mass is 9.93. The number of nitrogens with zero attached hydrogens (tertiary/aromatic N) is 3. The van der Waals surface area contributed by atoms with E-state index >= 15 is 0 Å². The van der Waals surface area contributed by atoms with Crippen molar-refractivity contribution >= 4 is 11.9 Å². The van der Waals surface area contributed by atoms with Gasteiger partial charge in [0.25, 0.3) is 0 Å². The van der Waals surface area contributed by atoms with Gasteiger partial charge in [-0.15, -0.1) is 5.10 Å². The van der Waals surface area contributed by atoms with E-state index in [0.717, 1.165) is 25.9 Å². The SMILES string of the molecule is C[C@@H](Nc1nnc([C@H]2Cc3ccccc3CO2)o1)C(=O)N1CCC2(CC1)CC2. The third kappa shape index (κ3) is 3.39. The second-order valence-corrected chi connectivity index (χ2v) is 8.41. The second kappa shape index (κ2) is 6.88. The zero-order chi connectivity index (χ0) is 19.1. The second-order valence-electron chi connectivity index (χ2n) is 8.41. The first-order valence-electron chi connectivity index (χ1n) is 10.2. The van der Waals surface area contributed by atoms with E-state index in [1.165, 1.54) is 24.0 Å². The largest absolute Gasteiger partial charge is 0.405 e. The van der Waals surface area contributed by atoms with Gasteiger partial charge in [0.2, 0.25) is 11.8 Å². The van der Waals surface area contributed by atoms with Crippen LogP contribution in [-0.4, -0.2) is 40.1 Å². The summed E-state index contributed by atoms with van der Waals surface area (Å²) >= 11 is 0. The Morgan fingerprint density at radius 1 is 1.18 bits per heavy atom. The van der Waals surface area contributed by atoms with E-state index in [4.69, 9.17) is 9.15 Å². The lowest BCUT2D eigenvalue weighted by molar-refractivity contribution is -0.133. The molecular weight excluding hydrogens is 356 g/mol. The van der Waals surface area contributed by atoms with Crippen LogP contribution in [-0.2, 0) is 22.6 Å². The molecule has 1 N–H and O–H groups in total. The molecule has 0 radical (unpaired) electrons. The molecule has 1 spiro atoms. The van der Waals surface area contributed by atoms with Crippen LogP contribution in [0.4, 0.5) is 6.01 Å². The Morgan fingerprint density at radius 2 is 1.93 bits per heavy atom. The van der Waals surface area contributed by atoms with Crippen molar-refractivity contribution in [3.63, 3.8) is 0 Å². The number of amides is 1. The van der Waals surface area contributed by atoms with E-state index in [9.17, 15) is 4.79 Å². The zero-order valence-corrected chi connectivity index (χ0v) is 16.2. The van der Waals surface area contributed by atoms with Crippen LogP contribution in [0.15, 0.2) is 28.7 Å². The van der Waals surface area contributed by atoms with Gasteiger partial charge in [0.1, 0.15) is 12.1 Å². The van der Waals surface area contributed by atoms with Crippen LogP contribution >= 0.6 is 0 Å². The first kappa shape index (κ1) is 17.7. The van der Waals surface area contributed by atoms with Crippen molar-refractivity contribution in [2.24, 2.45) is 5.41 Å². The van der Waals surface area contributed by atoms with Crippen LogP contribution in [0.5, 0.6) is 0 Å². The van der Waals surface area contributed by atoms with Gasteiger partial charge >= 0.3 is 6.01 Å². The van der Waals surface area contributed by atoms with E-state index < -0.39 is 6.04 Å². The molecular formula is C21H26N4O3. The van der Waals surface area contributed by atoms with E-state index in [0.29, 0.717) is 24.3 Å². The number of rotatable bonds is 4. The summed E-state index contributed by atoms with van der Waals surface area (Å²) in [5.74, 6) is 0.545. The lowest BCUT2D eigenvalue weighted by Gasteiger charge is -2.33. The van der Waals surface area contributed by atoms with Gasteiger partial charge in [-0.3, -0.25) is 4.79 Å². The predicted octanol–water partition coefficient (Wildman–Crippen LogP) is 3.09.